The maximum absolute atomic E-state index is 11.8. The van der Waals surface area contributed by atoms with Crippen molar-refractivity contribution < 1.29 is 19.5 Å². The Hall–Kier alpha value is -1.79. The molecular weight excluding hydrogens is 262 g/mol. The summed E-state index contributed by atoms with van der Waals surface area (Å²) in [5.41, 5.74) is 0. The highest BCUT2D eigenvalue weighted by atomic mass is 16.4. The van der Waals surface area contributed by atoms with Crippen molar-refractivity contribution in [3.8, 4) is 0 Å². The Morgan fingerprint density at radius 2 is 1.80 bits per heavy atom. The van der Waals surface area contributed by atoms with E-state index in [2.05, 4.69) is 10.6 Å². The lowest BCUT2D eigenvalue weighted by molar-refractivity contribution is -0.141. The van der Waals surface area contributed by atoms with Gasteiger partial charge in [-0.25, -0.2) is 4.79 Å². The van der Waals surface area contributed by atoms with Gasteiger partial charge in [-0.15, -0.1) is 0 Å². The van der Waals surface area contributed by atoms with Gasteiger partial charge in [-0.2, -0.15) is 0 Å². The van der Waals surface area contributed by atoms with Crippen LogP contribution in [0.15, 0.2) is 0 Å². The molecule has 7 nitrogen and oxygen atoms in total. The maximum Gasteiger partial charge on any atom is 0.315 e. The summed E-state index contributed by atoms with van der Waals surface area (Å²) >= 11 is 0. The van der Waals surface area contributed by atoms with Crippen molar-refractivity contribution in [3.05, 3.63) is 0 Å². The van der Waals surface area contributed by atoms with Crippen molar-refractivity contribution in [1.29, 1.82) is 0 Å². The number of nitrogens with one attached hydrogen (secondary N) is 2. The minimum absolute atomic E-state index is 0.0136. The van der Waals surface area contributed by atoms with Gasteiger partial charge in [-0.05, 0) is 25.7 Å². The molecule has 0 saturated carbocycles. The van der Waals surface area contributed by atoms with Gasteiger partial charge in [0.25, 0.3) is 0 Å². The highest BCUT2D eigenvalue weighted by Crippen LogP contribution is 2.08. The second kappa shape index (κ2) is 8.39. The molecule has 0 bridgehead atoms. The molecule has 0 aromatic heterocycles. The van der Waals surface area contributed by atoms with Gasteiger partial charge in [-0.1, -0.05) is 6.92 Å². The summed E-state index contributed by atoms with van der Waals surface area (Å²) in [5.74, 6) is -1.45. The average Bonchev–Trinajstić information content (AvgIpc) is 2.45. The van der Waals surface area contributed by atoms with E-state index >= 15 is 0 Å². The number of amides is 3. The second-order valence-corrected chi connectivity index (χ2v) is 5.08. The Balaban J connectivity index is 2.13. The lowest BCUT2D eigenvalue weighted by Crippen LogP contribution is -2.45. The molecule has 20 heavy (non-hydrogen) atoms. The molecule has 0 spiro atoms. The van der Waals surface area contributed by atoms with Crippen LogP contribution in [0.5, 0.6) is 0 Å². The molecule has 1 aliphatic rings. The summed E-state index contributed by atoms with van der Waals surface area (Å²) in [5, 5.41) is 13.7. The number of aliphatic carboxylic acids is 1. The van der Waals surface area contributed by atoms with Crippen LogP contribution in [0.1, 0.15) is 32.6 Å². The van der Waals surface area contributed by atoms with Crippen LogP contribution in [0, 0.1) is 5.92 Å². The summed E-state index contributed by atoms with van der Waals surface area (Å²) < 4.78 is 0. The number of urea groups is 1. The van der Waals surface area contributed by atoms with E-state index in [1.807, 2.05) is 0 Å². The summed E-state index contributed by atoms with van der Waals surface area (Å²) in [4.78, 5) is 35.6. The Morgan fingerprint density at radius 1 is 1.15 bits per heavy atom. The Kier molecular flexibility index (Phi) is 6.83. The fraction of sp³-hybridized carbons (Fsp3) is 0.769. The van der Waals surface area contributed by atoms with Crippen molar-refractivity contribution in [2.45, 2.75) is 32.6 Å². The number of piperidine rings is 1. The number of nitrogens with zero attached hydrogens (tertiary/aromatic N) is 1. The van der Waals surface area contributed by atoms with E-state index in [4.69, 9.17) is 5.11 Å². The Bertz CT molecular complexity index is 354. The quantitative estimate of drug-likeness (QED) is 0.658. The monoisotopic (exact) mass is 285 g/mol. The van der Waals surface area contributed by atoms with Gasteiger partial charge in [-0.3, -0.25) is 9.59 Å². The molecule has 1 atom stereocenters. The third-order valence-corrected chi connectivity index (χ3v) is 3.39. The minimum Gasteiger partial charge on any atom is -0.481 e. The van der Waals surface area contributed by atoms with Crippen molar-refractivity contribution in [3.63, 3.8) is 0 Å². The summed E-state index contributed by atoms with van der Waals surface area (Å²) in [6, 6.07) is -0.437. The first-order valence-electron chi connectivity index (χ1n) is 7.03. The third-order valence-electron chi connectivity index (χ3n) is 3.39. The maximum atomic E-state index is 11.8. The molecule has 3 amide bonds. The van der Waals surface area contributed by atoms with Gasteiger partial charge in [0.15, 0.2) is 0 Å². The van der Waals surface area contributed by atoms with E-state index < -0.39 is 17.9 Å². The van der Waals surface area contributed by atoms with Gasteiger partial charge >= 0.3 is 12.0 Å². The van der Waals surface area contributed by atoms with Crippen LogP contribution >= 0.6 is 0 Å². The fourth-order valence-electron chi connectivity index (χ4n) is 2.00. The van der Waals surface area contributed by atoms with Crippen LogP contribution in [0.4, 0.5) is 4.79 Å². The second-order valence-electron chi connectivity index (χ2n) is 5.08. The zero-order valence-electron chi connectivity index (χ0n) is 11.9. The standard InChI is InChI=1S/C13H23N3O4/c1-10(12(18)19)5-6-14-13(20)15-9-11(17)16-7-3-2-4-8-16/h10H,2-9H2,1H3,(H,18,19)(H2,14,15,20). The van der Waals surface area contributed by atoms with Gasteiger partial charge in [0.2, 0.25) is 5.91 Å². The van der Waals surface area contributed by atoms with Crippen molar-refractivity contribution in [2.75, 3.05) is 26.2 Å². The molecule has 0 radical (unpaired) electrons. The molecule has 1 rings (SSSR count). The predicted molar refractivity (Wildman–Crippen MR) is 73.2 cm³/mol. The number of likely N-dealkylation sites (tertiary alicyclic amines) is 1. The van der Waals surface area contributed by atoms with Gasteiger partial charge in [0, 0.05) is 19.6 Å². The molecule has 1 fully saturated rings. The number of carbonyl (C=O) groups is 3. The Labute approximate surface area is 118 Å². The lowest BCUT2D eigenvalue weighted by atomic mass is 10.1. The topological polar surface area (TPSA) is 98.7 Å². The first-order chi connectivity index (χ1) is 9.50. The van der Waals surface area contributed by atoms with Crippen LogP contribution < -0.4 is 10.6 Å². The molecule has 1 saturated heterocycles. The molecule has 1 heterocycles. The normalized spacial score (nSPS) is 16.4. The first-order valence-corrected chi connectivity index (χ1v) is 7.03. The van der Waals surface area contributed by atoms with Gasteiger partial charge in [0.1, 0.15) is 0 Å². The Morgan fingerprint density at radius 3 is 2.40 bits per heavy atom. The molecule has 114 valence electrons. The fourth-order valence-corrected chi connectivity index (χ4v) is 2.00. The zero-order chi connectivity index (χ0) is 15.0. The molecule has 0 aromatic carbocycles. The smallest absolute Gasteiger partial charge is 0.315 e. The van der Waals surface area contributed by atoms with E-state index in [1.165, 1.54) is 0 Å². The minimum atomic E-state index is -0.882. The lowest BCUT2D eigenvalue weighted by Gasteiger charge is -2.26. The largest absolute Gasteiger partial charge is 0.481 e. The predicted octanol–water partition coefficient (Wildman–Crippen LogP) is 0.409. The van der Waals surface area contributed by atoms with Crippen molar-refractivity contribution in [1.82, 2.24) is 15.5 Å². The molecule has 1 aliphatic heterocycles. The number of hydrogen-bond donors (Lipinski definition) is 3. The van der Waals surface area contributed by atoms with Crippen molar-refractivity contribution in [2.24, 2.45) is 5.92 Å². The van der Waals surface area contributed by atoms with E-state index in [0.717, 1.165) is 32.4 Å². The number of hydrogen-bond acceptors (Lipinski definition) is 3. The van der Waals surface area contributed by atoms with Gasteiger partial charge in [0.05, 0.1) is 12.5 Å². The van der Waals surface area contributed by atoms with Gasteiger partial charge < -0.3 is 20.6 Å². The SMILES string of the molecule is CC(CCNC(=O)NCC(=O)N1CCCCC1)C(=O)O. The number of carbonyl (C=O) groups excluding carboxylic acids is 2. The van der Waals surface area contributed by atoms with E-state index in [0.29, 0.717) is 6.42 Å². The summed E-state index contributed by atoms with van der Waals surface area (Å²) in [6.45, 7) is 3.37. The highest BCUT2D eigenvalue weighted by Gasteiger charge is 2.17. The molecule has 0 aliphatic carbocycles. The first kappa shape index (κ1) is 16.3. The number of carboxylic acid groups (broad SMARTS) is 1. The number of carboxylic acids is 1. The van der Waals surface area contributed by atoms with E-state index in [9.17, 15) is 14.4 Å². The van der Waals surface area contributed by atoms with Crippen LogP contribution in [-0.4, -0.2) is 54.1 Å². The van der Waals surface area contributed by atoms with Crippen LogP contribution in [0.2, 0.25) is 0 Å². The molecule has 1 unspecified atom stereocenters. The van der Waals surface area contributed by atoms with Crippen molar-refractivity contribution >= 4 is 17.9 Å². The van der Waals surface area contributed by atoms with Crippen LogP contribution in [-0.2, 0) is 9.59 Å². The molecule has 7 heteroatoms. The summed E-state index contributed by atoms with van der Waals surface area (Å²) in [6.07, 6.45) is 3.55. The van der Waals surface area contributed by atoms with Crippen LogP contribution in [0.3, 0.4) is 0 Å². The molecular formula is C13H23N3O4. The molecule has 0 aromatic rings. The average molecular weight is 285 g/mol. The van der Waals surface area contributed by atoms with E-state index in [-0.39, 0.29) is 19.0 Å². The number of rotatable bonds is 6. The van der Waals surface area contributed by atoms with Crippen LogP contribution in [0.25, 0.3) is 0 Å². The van der Waals surface area contributed by atoms with E-state index in [1.54, 1.807) is 11.8 Å². The third kappa shape index (κ3) is 5.90. The zero-order valence-corrected chi connectivity index (χ0v) is 11.9. The highest BCUT2D eigenvalue weighted by molar-refractivity contribution is 5.84. The molecule has 3 N–H and O–H groups in total. The summed E-state index contributed by atoms with van der Waals surface area (Å²) in [7, 11) is 0.